The molecule has 1 aromatic carbocycles. The number of carbonyl (C=O) groups is 1. The lowest BCUT2D eigenvalue weighted by Gasteiger charge is -2.14. The lowest BCUT2D eigenvalue weighted by Crippen LogP contribution is -2.23. The standard InChI is InChI=1S/C19H24N2O3/c1-4-5-10-24-18-8-6-16(7-9-18)20-19(23)13-21-14(2)11-17(22)12-15(21)3/h6-9,11-12H,4-5,10,13H2,1-3H3,(H,20,23). The summed E-state index contributed by atoms with van der Waals surface area (Å²) in [5.41, 5.74) is 2.23. The largest absolute Gasteiger partial charge is 0.494 e. The number of aryl methyl sites for hydroxylation is 2. The van der Waals surface area contributed by atoms with Crippen molar-refractivity contribution in [2.45, 2.75) is 40.2 Å². The van der Waals surface area contributed by atoms with Gasteiger partial charge in [0.25, 0.3) is 0 Å². The summed E-state index contributed by atoms with van der Waals surface area (Å²) in [7, 11) is 0. The lowest BCUT2D eigenvalue weighted by molar-refractivity contribution is -0.116. The van der Waals surface area contributed by atoms with Gasteiger partial charge >= 0.3 is 0 Å². The Balaban J connectivity index is 1.96. The summed E-state index contributed by atoms with van der Waals surface area (Å²) in [6, 6.07) is 10.4. The highest BCUT2D eigenvalue weighted by molar-refractivity contribution is 5.90. The Morgan fingerprint density at radius 2 is 1.75 bits per heavy atom. The average molecular weight is 328 g/mol. The summed E-state index contributed by atoms with van der Waals surface area (Å²) in [4.78, 5) is 23.7. The van der Waals surface area contributed by atoms with Crippen LogP contribution in [0.1, 0.15) is 31.2 Å². The molecule has 0 unspecified atom stereocenters. The number of amides is 1. The van der Waals surface area contributed by atoms with E-state index in [-0.39, 0.29) is 17.9 Å². The minimum atomic E-state index is -0.135. The van der Waals surface area contributed by atoms with E-state index in [4.69, 9.17) is 4.74 Å². The van der Waals surface area contributed by atoms with Gasteiger partial charge in [-0.2, -0.15) is 0 Å². The predicted molar refractivity (Wildman–Crippen MR) is 95.7 cm³/mol. The number of ether oxygens (including phenoxy) is 1. The fraction of sp³-hybridized carbons (Fsp3) is 0.368. The van der Waals surface area contributed by atoms with Crippen molar-refractivity contribution in [3.63, 3.8) is 0 Å². The molecular weight excluding hydrogens is 304 g/mol. The third-order valence-electron chi connectivity index (χ3n) is 3.76. The Hall–Kier alpha value is -2.56. The van der Waals surface area contributed by atoms with E-state index in [0.717, 1.165) is 35.7 Å². The molecule has 0 radical (unpaired) electrons. The molecule has 0 atom stereocenters. The second-order valence-corrected chi connectivity index (χ2v) is 5.83. The monoisotopic (exact) mass is 328 g/mol. The molecule has 0 spiro atoms. The van der Waals surface area contributed by atoms with E-state index < -0.39 is 0 Å². The number of benzene rings is 1. The van der Waals surface area contributed by atoms with Crippen molar-refractivity contribution in [2.24, 2.45) is 0 Å². The van der Waals surface area contributed by atoms with E-state index in [1.54, 1.807) is 0 Å². The molecule has 0 bridgehead atoms. The van der Waals surface area contributed by atoms with E-state index in [0.29, 0.717) is 6.61 Å². The second kappa shape index (κ2) is 8.34. The van der Waals surface area contributed by atoms with E-state index in [9.17, 15) is 9.59 Å². The Bertz CT molecular complexity index is 722. The quantitative estimate of drug-likeness (QED) is 0.794. The molecule has 0 aliphatic carbocycles. The van der Waals surface area contributed by atoms with Crippen LogP contribution >= 0.6 is 0 Å². The van der Waals surface area contributed by atoms with Crippen LogP contribution in [0.4, 0.5) is 5.69 Å². The van der Waals surface area contributed by atoms with Gasteiger partial charge in [-0.25, -0.2) is 0 Å². The molecule has 0 saturated carbocycles. The van der Waals surface area contributed by atoms with Crippen molar-refractivity contribution in [1.29, 1.82) is 0 Å². The summed E-state index contributed by atoms with van der Waals surface area (Å²) in [5.74, 6) is 0.665. The van der Waals surface area contributed by atoms with Crippen molar-refractivity contribution < 1.29 is 9.53 Å². The van der Waals surface area contributed by atoms with Gasteiger partial charge < -0.3 is 14.6 Å². The van der Waals surface area contributed by atoms with Crippen LogP contribution in [-0.2, 0) is 11.3 Å². The van der Waals surface area contributed by atoms with Crippen LogP contribution in [0.15, 0.2) is 41.2 Å². The van der Waals surface area contributed by atoms with Crippen LogP contribution in [-0.4, -0.2) is 17.1 Å². The van der Waals surface area contributed by atoms with Crippen LogP contribution in [0.25, 0.3) is 0 Å². The van der Waals surface area contributed by atoms with Crippen LogP contribution < -0.4 is 15.5 Å². The van der Waals surface area contributed by atoms with E-state index in [2.05, 4.69) is 12.2 Å². The molecule has 1 N–H and O–H groups in total. The zero-order valence-electron chi connectivity index (χ0n) is 14.5. The van der Waals surface area contributed by atoms with E-state index >= 15 is 0 Å². The molecule has 2 rings (SSSR count). The summed E-state index contributed by atoms with van der Waals surface area (Å²) >= 11 is 0. The summed E-state index contributed by atoms with van der Waals surface area (Å²) in [5, 5.41) is 2.86. The summed E-state index contributed by atoms with van der Waals surface area (Å²) in [6.45, 7) is 6.64. The predicted octanol–water partition coefficient (Wildman–Crippen LogP) is 3.28. The Morgan fingerprint density at radius 3 is 2.33 bits per heavy atom. The SMILES string of the molecule is CCCCOc1ccc(NC(=O)Cn2c(C)cc(=O)cc2C)cc1. The molecule has 5 nitrogen and oxygen atoms in total. The molecule has 0 saturated heterocycles. The smallest absolute Gasteiger partial charge is 0.244 e. The fourth-order valence-corrected chi connectivity index (χ4v) is 2.45. The fourth-order valence-electron chi connectivity index (χ4n) is 2.45. The van der Waals surface area contributed by atoms with Crippen LogP contribution in [0, 0.1) is 13.8 Å². The van der Waals surface area contributed by atoms with Gasteiger partial charge in [0.05, 0.1) is 6.61 Å². The maximum atomic E-state index is 12.2. The molecule has 1 amide bonds. The van der Waals surface area contributed by atoms with Gasteiger partial charge in [-0.15, -0.1) is 0 Å². The minimum absolute atomic E-state index is 0.0414. The van der Waals surface area contributed by atoms with Crippen molar-refractivity contribution in [2.75, 3.05) is 11.9 Å². The number of pyridine rings is 1. The third kappa shape index (κ3) is 4.98. The highest BCUT2D eigenvalue weighted by atomic mass is 16.5. The van der Waals surface area contributed by atoms with Gasteiger partial charge in [0.2, 0.25) is 5.91 Å². The van der Waals surface area contributed by atoms with Crippen molar-refractivity contribution in [1.82, 2.24) is 4.57 Å². The number of hydrogen-bond donors (Lipinski definition) is 1. The first-order valence-electron chi connectivity index (χ1n) is 8.20. The number of aromatic nitrogens is 1. The normalized spacial score (nSPS) is 10.5. The number of unbranched alkanes of at least 4 members (excludes halogenated alkanes) is 1. The molecule has 0 aliphatic heterocycles. The maximum absolute atomic E-state index is 12.2. The lowest BCUT2D eigenvalue weighted by atomic mass is 10.2. The third-order valence-corrected chi connectivity index (χ3v) is 3.76. The highest BCUT2D eigenvalue weighted by Gasteiger charge is 2.08. The number of nitrogens with one attached hydrogen (secondary N) is 1. The molecule has 0 aliphatic rings. The number of hydrogen-bond acceptors (Lipinski definition) is 3. The average Bonchev–Trinajstić information content (AvgIpc) is 2.53. The van der Waals surface area contributed by atoms with Gasteiger partial charge in [-0.1, -0.05) is 13.3 Å². The number of nitrogens with zero attached hydrogens (tertiary/aromatic N) is 1. The summed E-state index contributed by atoms with van der Waals surface area (Å²) < 4.78 is 7.42. The molecular formula is C19H24N2O3. The van der Waals surface area contributed by atoms with E-state index in [1.807, 2.05) is 42.7 Å². The molecule has 1 aromatic heterocycles. The van der Waals surface area contributed by atoms with Crippen molar-refractivity contribution in [3.05, 3.63) is 58.0 Å². The zero-order chi connectivity index (χ0) is 17.5. The zero-order valence-corrected chi connectivity index (χ0v) is 14.5. The van der Waals surface area contributed by atoms with Gasteiger partial charge in [-0.05, 0) is 44.5 Å². The Morgan fingerprint density at radius 1 is 1.12 bits per heavy atom. The minimum Gasteiger partial charge on any atom is -0.494 e. The molecule has 24 heavy (non-hydrogen) atoms. The second-order valence-electron chi connectivity index (χ2n) is 5.83. The van der Waals surface area contributed by atoms with Crippen LogP contribution in [0.3, 0.4) is 0 Å². The van der Waals surface area contributed by atoms with Crippen LogP contribution in [0.2, 0.25) is 0 Å². The number of carbonyl (C=O) groups excluding carboxylic acids is 1. The van der Waals surface area contributed by atoms with Crippen LogP contribution in [0.5, 0.6) is 5.75 Å². The number of rotatable bonds is 7. The Kier molecular flexibility index (Phi) is 6.18. The molecule has 5 heteroatoms. The molecule has 128 valence electrons. The van der Waals surface area contributed by atoms with Gasteiger partial charge in [0.15, 0.2) is 5.43 Å². The van der Waals surface area contributed by atoms with Gasteiger partial charge in [0.1, 0.15) is 12.3 Å². The first-order valence-corrected chi connectivity index (χ1v) is 8.20. The topological polar surface area (TPSA) is 60.3 Å². The van der Waals surface area contributed by atoms with Crippen molar-refractivity contribution >= 4 is 11.6 Å². The van der Waals surface area contributed by atoms with Gasteiger partial charge in [0, 0.05) is 29.2 Å². The first kappa shape index (κ1) is 17.8. The molecule has 2 aromatic rings. The van der Waals surface area contributed by atoms with Crippen molar-refractivity contribution in [3.8, 4) is 5.75 Å². The first-order chi connectivity index (χ1) is 11.5. The highest BCUT2D eigenvalue weighted by Crippen LogP contribution is 2.16. The maximum Gasteiger partial charge on any atom is 0.244 e. The molecule has 1 heterocycles. The van der Waals surface area contributed by atoms with Gasteiger partial charge in [-0.3, -0.25) is 9.59 Å². The molecule has 0 fully saturated rings. The number of anilines is 1. The Labute approximate surface area is 142 Å². The summed E-state index contributed by atoms with van der Waals surface area (Å²) in [6.07, 6.45) is 2.12. The van der Waals surface area contributed by atoms with E-state index in [1.165, 1.54) is 12.1 Å².